The van der Waals surface area contributed by atoms with Gasteiger partial charge >= 0.3 is 6.03 Å². The number of hydrogen-bond donors (Lipinski definition) is 1. The number of benzene rings is 1. The number of carbonyl (C=O) groups is 1. The van der Waals surface area contributed by atoms with Crippen LogP contribution in [0.4, 0.5) is 4.79 Å². The molecule has 1 aliphatic heterocycles. The molecule has 0 bridgehead atoms. The largest absolute Gasteiger partial charge is 0.338 e. The first-order valence-corrected chi connectivity index (χ1v) is 9.66. The summed E-state index contributed by atoms with van der Waals surface area (Å²) in [6, 6.07) is 11.8. The molecule has 2 aliphatic rings. The van der Waals surface area contributed by atoms with Gasteiger partial charge in [-0.3, -0.25) is 4.90 Å². The average Bonchev–Trinajstić information content (AvgIpc) is 2.60. The second kappa shape index (κ2) is 9.98. The summed E-state index contributed by atoms with van der Waals surface area (Å²) in [5, 5.41) is 2.91. The summed E-state index contributed by atoms with van der Waals surface area (Å²) < 4.78 is 0. The number of nitrogens with zero attached hydrogens (tertiary/aromatic N) is 2. The molecule has 0 aromatic heterocycles. The fourth-order valence-corrected chi connectivity index (χ4v) is 3.97. The monoisotopic (exact) mass is 377 g/mol. The highest BCUT2D eigenvalue weighted by molar-refractivity contribution is 5.85. The van der Waals surface area contributed by atoms with Crippen molar-refractivity contribution in [3.05, 3.63) is 47.5 Å². The molecule has 1 atom stereocenters. The minimum absolute atomic E-state index is 0. The van der Waals surface area contributed by atoms with Crippen LogP contribution in [0.2, 0.25) is 0 Å². The van der Waals surface area contributed by atoms with E-state index in [2.05, 4.69) is 46.6 Å². The predicted octanol–water partition coefficient (Wildman–Crippen LogP) is 3.87. The van der Waals surface area contributed by atoms with E-state index in [-0.39, 0.29) is 18.4 Å². The molecule has 0 spiro atoms. The highest BCUT2D eigenvalue weighted by Crippen LogP contribution is 2.30. The van der Waals surface area contributed by atoms with Crippen molar-refractivity contribution >= 4 is 18.4 Å². The number of nitrogens with one attached hydrogen (secondary N) is 1. The van der Waals surface area contributed by atoms with Crippen LogP contribution in [-0.4, -0.2) is 54.6 Å². The molecule has 5 heteroatoms. The molecule has 1 aromatic rings. The zero-order valence-electron chi connectivity index (χ0n) is 16.0. The Kier molecular flexibility index (Phi) is 7.98. The summed E-state index contributed by atoms with van der Waals surface area (Å²) in [4.78, 5) is 16.6. The Morgan fingerprint density at radius 1 is 1.27 bits per heavy atom. The zero-order chi connectivity index (χ0) is 17.6. The number of hydrogen-bond acceptors (Lipinski definition) is 2. The van der Waals surface area contributed by atoms with E-state index in [1.807, 2.05) is 18.9 Å². The smallest absolute Gasteiger partial charge is 0.317 e. The summed E-state index contributed by atoms with van der Waals surface area (Å²) in [7, 11) is 1.93. The van der Waals surface area contributed by atoms with E-state index in [0.717, 1.165) is 32.4 Å². The molecule has 2 amide bonds. The van der Waals surface area contributed by atoms with Gasteiger partial charge < -0.3 is 10.2 Å². The second-order valence-corrected chi connectivity index (χ2v) is 7.24. The van der Waals surface area contributed by atoms with E-state index in [4.69, 9.17) is 0 Å². The van der Waals surface area contributed by atoms with Gasteiger partial charge in [-0.05, 0) is 44.6 Å². The van der Waals surface area contributed by atoms with E-state index in [1.54, 1.807) is 5.57 Å². The molecule has 144 valence electrons. The molecule has 4 nitrogen and oxygen atoms in total. The molecule has 26 heavy (non-hydrogen) atoms. The second-order valence-electron chi connectivity index (χ2n) is 7.24. The number of halogens is 1. The topological polar surface area (TPSA) is 35.6 Å². The number of carbonyl (C=O) groups excluding carboxylic acids is 1. The Balaban J connectivity index is 0.00000243. The Morgan fingerprint density at radius 3 is 2.46 bits per heavy atom. The third kappa shape index (κ3) is 5.01. The van der Waals surface area contributed by atoms with Crippen LogP contribution in [0.15, 0.2) is 42.0 Å². The number of urea groups is 1. The highest BCUT2D eigenvalue weighted by atomic mass is 35.5. The molecule has 1 unspecified atom stereocenters. The van der Waals surface area contributed by atoms with Crippen molar-refractivity contribution in [2.24, 2.45) is 0 Å². The van der Waals surface area contributed by atoms with Gasteiger partial charge in [-0.2, -0.15) is 0 Å². The maximum atomic E-state index is 12.1. The fourth-order valence-electron chi connectivity index (χ4n) is 3.97. The molecule has 1 aromatic carbocycles. The first kappa shape index (κ1) is 20.8. The number of amides is 2. The van der Waals surface area contributed by atoms with Gasteiger partial charge in [0.25, 0.3) is 0 Å². The van der Waals surface area contributed by atoms with Crippen molar-refractivity contribution in [3.63, 3.8) is 0 Å². The minimum atomic E-state index is 0. The molecule has 1 saturated heterocycles. The number of allylic oxidation sites excluding steroid dienone is 1. The molecule has 1 fully saturated rings. The van der Waals surface area contributed by atoms with E-state index in [9.17, 15) is 4.79 Å². The maximum absolute atomic E-state index is 12.1. The SMILES string of the molecule is CCNC(=O)N(C)C1CCN(C(Cc2ccccc2)C2=CCC2)CC1.Cl. The summed E-state index contributed by atoms with van der Waals surface area (Å²) in [5.74, 6) is 0. The first-order valence-electron chi connectivity index (χ1n) is 9.66. The summed E-state index contributed by atoms with van der Waals surface area (Å²) in [6.45, 7) is 4.80. The minimum Gasteiger partial charge on any atom is -0.338 e. The molecular formula is C21H32ClN3O. The lowest BCUT2D eigenvalue weighted by molar-refractivity contribution is 0.114. The molecule has 1 aliphatic carbocycles. The van der Waals surface area contributed by atoms with E-state index in [0.29, 0.717) is 18.6 Å². The lowest BCUT2D eigenvalue weighted by atomic mass is 9.86. The van der Waals surface area contributed by atoms with Crippen LogP contribution in [0.1, 0.15) is 38.2 Å². The van der Waals surface area contributed by atoms with Crippen LogP contribution >= 0.6 is 12.4 Å². The van der Waals surface area contributed by atoms with Crippen LogP contribution in [0.25, 0.3) is 0 Å². The molecule has 1 heterocycles. The van der Waals surface area contributed by atoms with E-state index >= 15 is 0 Å². The van der Waals surface area contributed by atoms with Crippen molar-refractivity contribution < 1.29 is 4.79 Å². The molecule has 0 saturated carbocycles. The van der Waals surface area contributed by atoms with Crippen molar-refractivity contribution in [3.8, 4) is 0 Å². The van der Waals surface area contributed by atoms with E-state index in [1.165, 1.54) is 18.4 Å². The van der Waals surface area contributed by atoms with Gasteiger partial charge in [0.15, 0.2) is 0 Å². The quantitative estimate of drug-likeness (QED) is 0.764. The number of piperidine rings is 1. The van der Waals surface area contributed by atoms with Gasteiger partial charge in [0.2, 0.25) is 0 Å². The third-order valence-corrected chi connectivity index (χ3v) is 5.68. The maximum Gasteiger partial charge on any atom is 0.317 e. The van der Waals surface area contributed by atoms with Crippen molar-refractivity contribution in [1.29, 1.82) is 0 Å². The summed E-state index contributed by atoms with van der Waals surface area (Å²) in [6.07, 6.45) is 8.12. The zero-order valence-corrected chi connectivity index (χ0v) is 16.8. The van der Waals surface area contributed by atoms with Crippen LogP contribution in [0.5, 0.6) is 0 Å². The Bertz CT molecular complexity index is 597. The number of likely N-dealkylation sites (tertiary alicyclic amines) is 1. The van der Waals surface area contributed by atoms with Gasteiger partial charge in [0.1, 0.15) is 0 Å². The van der Waals surface area contributed by atoms with Crippen LogP contribution in [0, 0.1) is 0 Å². The van der Waals surface area contributed by atoms with Crippen molar-refractivity contribution in [1.82, 2.24) is 15.1 Å². The van der Waals surface area contributed by atoms with E-state index < -0.39 is 0 Å². The van der Waals surface area contributed by atoms with Crippen molar-refractivity contribution in [2.45, 2.75) is 51.1 Å². The first-order chi connectivity index (χ1) is 12.2. The Labute approximate surface area is 164 Å². The predicted molar refractivity (Wildman–Crippen MR) is 110 cm³/mol. The fraction of sp³-hybridized carbons (Fsp3) is 0.571. The molecule has 3 rings (SSSR count). The standard InChI is InChI=1S/C21H31N3O.ClH/c1-3-22-21(25)23(2)19-12-14-24(15-13-19)20(18-10-7-11-18)16-17-8-5-4-6-9-17;/h4-6,8-10,19-20H,3,7,11-16H2,1-2H3,(H,22,25);1H. The van der Waals surface area contributed by atoms with Crippen LogP contribution < -0.4 is 5.32 Å². The normalized spacial score (nSPS) is 18.9. The highest BCUT2D eigenvalue weighted by Gasteiger charge is 2.31. The van der Waals surface area contributed by atoms with Gasteiger partial charge in [0.05, 0.1) is 0 Å². The summed E-state index contributed by atoms with van der Waals surface area (Å²) in [5.41, 5.74) is 3.03. The van der Waals surface area contributed by atoms with Crippen molar-refractivity contribution in [2.75, 3.05) is 26.7 Å². The molecule has 1 N–H and O–H groups in total. The van der Waals surface area contributed by atoms with Gasteiger partial charge in [-0.25, -0.2) is 4.79 Å². The van der Waals surface area contributed by atoms with Gasteiger partial charge in [0, 0.05) is 38.8 Å². The summed E-state index contributed by atoms with van der Waals surface area (Å²) >= 11 is 0. The molecular weight excluding hydrogens is 346 g/mol. The Hall–Kier alpha value is -1.52. The average molecular weight is 378 g/mol. The Morgan fingerprint density at radius 2 is 1.92 bits per heavy atom. The lowest BCUT2D eigenvalue weighted by Gasteiger charge is -2.42. The van der Waals surface area contributed by atoms with Crippen LogP contribution in [-0.2, 0) is 6.42 Å². The molecule has 0 radical (unpaired) electrons. The van der Waals surface area contributed by atoms with Gasteiger partial charge in [-0.15, -0.1) is 12.4 Å². The number of rotatable bonds is 6. The van der Waals surface area contributed by atoms with Gasteiger partial charge in [-0.1, -0.05) is 42.0 Å². The van der Waals surface area contributed by atoms with Crippen LogP contribution in [0.3, 0.4) is 0 Å². The lowest BCUT2D eigenvalue weighted by Crippen LogP contribution is -2.51. The third-order valence-electron chi connectivity index (χ3n) is 5.68.